The summed E-state index contributed by atoms with van der Waals surface area (Å²) in [7, 11) is 1.44. The Kier molecular flexibility index (Phi) is 9.57. The molecule has 1 aromatic carbocycles. The van der Waals surface area contributed by atoms with Crippen LogP contribution < -0.4 is 4.90 Å². The zero-order chi connectivity index (χ0) is 35.1. The van der Waals surface area contributed by atoms with Gasteiger partial charge in [0.25, 0.3) is 0 Å². The Morgan fingerprint density at radius 1 is 1.08 bits per heavy atom. The quantitative estimate of drug-likeness (QED) is 0.155. The van der Waals surface area contributed by atoms with Crippen molar-refractivity contribution in [3.63, 3.8) is 0 Å². The third-order valence-electron chi connectivity index (χ3n) is 9.23. The van der Waals surface area contributed by atoms with Crippen LogP contribution in [0.4, 0.5) is 37.0 Å². The van der Waals surface area contributed by atoms with Crippen molar-refractivity contribution in [2.45, 2.75) is 64.2 Å². The van der Waals surface area contributed by atoms with Crippen LogP contribution in [0.5, 0.6) is 0 Å². The van der Waals surface area contributed by atoms with Crippen molar-refractivity contribution in [1.82, 2.24) is 9.88 Å². The Hall–Kier alpha value is -4.49. The Morgan fingerprint density at radius 2 is 1.71 bits per heavy atom. The summed E-state index contributed by atoms with van der Waals surface area (Å²) in [6, 6.07) is 3.80. The molecule has 48 heavy (non-hydrogen) atoms. The van der Waals surface area contributed by atoms with Crippen LogP contribution in [0.1, 0.15) is 67.2 Å². The molecule has 0 radical (unpaired) electrons. The molecule has 0 bridgehead atoms. The van der Waals surface area contributed by atoms with E-state index in [2.05, 4.69) is 6.58 Å². The largest absolute Gasteiger partial charge is 0.497 e. The second-order valence-corrected chi connectivity index (χ2v) is 12.2. The number of aliphatic carboxylic acids is 1. The number of carboxylic acids is 1. The van der Waals surface area contributed by atoms with Gasteiger partial charge in [-0.1, -0.05) is 12.7 Å². The topological polar surface area (TPSA) is 92.2 Å². The van der Waals surface area contributed by atoms with E-state index < -0.39 is 59.2 Å². The number of carbonyl (C=O) groups is 2. The fraction of sp³-hybridized carbons (Fsp3) is 0.441. The van der Waals surface area contributed by atoms with Crippen molar-refractivity contribution in [2.75, 3.05) is 25.1 Å². The van der Waals surface area contributed by atoms with Gasteiger partial charge in [0.15, 0.2) is 0 Å². The monoisotopic (exact) mass is 679 g/mol. The standard InChI is InChI=1S/C34H35F6N3O5/c1-5-20(21-11-23(12-21)31(44)45)15-27(19(3)47-4)26-7-8-29(42-9-6-10-42)41-28(26)17-43-18(2)30(48-32(43)46)22-13-24(33(35,36)37)16-25(14-22)34(38,39)40/h5,7-8,13-16,18,21,23,30H,3,6,9-12,17H2,1-2,4H3,(H,44,45)/b20-5+,27-15+/t18-,21?,23?,30-/m0/s1. The number of alkyl halides is 6. The molecule has 8 nitrogen and oxygen atoms in total. The van der Waals surface area contributed by atoms with Crippen molar-refractivity contribution in [2.24, 2.45) is 11.8 Å². The molecule has 14 heteroatoms. The lowest BCUT2D eigenvalue weighted by Crippen LogP contribution is -2.38. The van der Waals surface area contributed by atoms with Crippen LogP contribution in [-0.4, -0.2) is 53.3 Å². The van der Waals surface area contributed by atoms with Crippen LogP contribution in [0.3, 0.4) is 0 Å². The Bertz CT molecular complexity index is 1620. The number of hydrogen-bond donors (Lipinski definition) is 1. The van der Waals surface area contributed by atoms with Gasteiger partial charge in [-0.15, -0.1) is 0 Å². The lowest BCUT2D eigenvalue weighted by atomic mass is 9.70. The van der Waals surface area contributed by atoms with Crippen molar-refractivity contribution in [3.8, 4) is 0 Å². The van der Waals surface area contributed by atoms with E-state index in [1.165, 1.54) is 18.9 Å². The van der Waals surface area contributed by atoms with Crippen molar-refractivity contribution in [1.29, 1.82) is 0 Å². The number of amides is 1. The molecule has 0 unspecified atom stereocenters. The summed E-state index contributed by atoms with van der Waals surface area (Å²) < 4.78 is 92.6. The molecule has 3 fully saturated rings. The SMILES string of the molecule is C=C(OC)/C(=C\C(=C/C)C1CC(C(=O)O)C1)c1ccc(N2CCC2)nc1CN1C(=O)O[C@H](c2cc(C(F)(F)F)cc(C(F)(F)F)c2)[C@@H]1C. The number of methoxy groups -OCH3 is 1. The molecule has 258 valence electrons. The average Bonchev–Trinajstić information content (AvgIpc) is 3.24. The molecule has 1 aromatic heterocycles. The summed E-state index contributed by atoms with van der Waals surface area (Å²) in [5, 5.41) is 9.37. The van der Waals surface area contributed by atoms with Crippen molar-refractivity contribution < 1.29 is 50.5 Å². The van der Waals surface area contributed by atoms with Crippen molar-refractivity contribution >= 4 is 23.5 Å². The van der Waals surface area contributed by atoms with E-state index in [1.54, 1.807) is 6.07 Å². The Balaban J connectivity index is 1.52. The molecular formula is C34H35F6N3O5. The molecule has 2 aliphatic heterocycles. The minimum absolute atomic E-state index is 0.0177. The smallest absolute Gasteiger partial charge is 0.416 e. The third-order valence-corrected chi connectivity index (χ3v) is 9.23. The van der Waals surface area contributed by atoms with Crippen LogP contribution in [0, 0.1) is 11.8 Å². The maximum Gasteiger partial charge on any atom is 0.416 e. The Labute approximate surface area is 273 Å². The minimum atomic E-state index is -5.07. The number of carbonyl (C=O) groups excluding carboxylic acids is 1. The first-order chi connectivity index (χ1) is 22.5. The maximum absolute atomic E-state index is 13.6. The molecule has 1 aliphatic carbocycles. The van der Waals surface area contributed by atoms with Gasteiger partial charge in [-0.3, -0.25) is 9.69 Å². The van der Waals surface area contributed by atoms with Crippen LogP contribution in [0.2, 0.25) is 0 Å². The maximum atomic E-state index is 13.6. The number of carboxylic acid groups (broad SMARTS) is 1. The number of hydrogen-bond acceptors (Lipinski definition) is 6. The zero-order valence-electron chi connectivity index (χ0n) is 26.5. The molecule has 1 N–H and O–H groups in total. The number of benzene rings is 1. The number of ether oxygens (including phenoxy) is 2. The number of allylic oxidation sites excluding steroid dienone is 4. The van der Waals surface area contributed by atoms with Gasteiger partial charge in [0.2, 0.25) is 0 Å². The summed E-state index contributed by atoms with van der Waals surface area (Å²) in [6.07, 6.45) is -6.89. The molecule has 2 aromatic rings. The van der Waals surface area contributed by atoms with Crippen LogP contribution in [-0.2, 0) is 33.2 Å². The van der Waals surface area contributed by atoms with Gasteiger partial charge in [0.05, 0.1) is 42.4 Å². The third kappa shape index (κ3) is 7.02. The van der Waals surface area contributed by atoms with Gasteiger partial charge < -0.3 is 19.5 Å². The molecule has 0 spiro atoms. The molecule has 3 heterocycles. The highest BCUT2D eigenvalue weighted by Crippen LogP contribution is 2.43. The van der Waals surface area contributed by atoms with E-state index >= 15 is 0 Å². The molecular weight excluding hydrogens is 644 g/mol. The van der Waals surface area contributed by atoms with Gasteiger partial charge in [-0.05, 0) is 86.6 Å². The summed E-state index contributed by atoms with van der Waals surface area (Å²) in [5.74, 6) is -0.427. The number of rotatable bonds is 10. The Morgan fingerprint density at radius 3 is 2.21 bits per heavy atom. The second-order valence-electron chi connectivity index (χ2n) is 12.2. The van der Waals surface area contributed by atoms with Gasteiger partial charge >= 0.3 is 24.4 Å². The van der Waals surface area contributed by atoms with E-state index in [9.17, 15) is 41.0 Å². The molecule has 1 saturated carbocycles. The first kappa shape index (κ1) is 34.8. The lowest BCUT2D eigenvalue weighted by molar-refractivity contribution is -0.146. The number of cyclic esters (lactones) is 1. The predicted octanol–water partition coefficient (Wildman–Crippen LogP) is 8.01. The van der Waals surface area contributed by atoms with E-state index in [4.69, 9.17) is 14.5 Å². The second kappa shape index (κ2) is 13.2. The van der Waals surface area contributed by atoms with Gasteiger partial charge in [-0.2, -0.15) is 26.3 Å². The van der Waals surface area contributed by atoms with Crippen LogP contribution >= 0.6 is 0 Å². The number of anilines is 1. The van der Waals surface area contributed by atoms with E-state index in [0.717, 1.165) is 25.1 Å². The van der Waals surface area contributed by atoms with Gasteiger partial charge in [0, 0.05) is 24.2 Å². The summed E-state index contributed by atoms with van der Waals surface area (Å²) in [4.78, 5) is 32.8. The number of halogens is 6. The summed E-state index contributed by atoms with van der Waals surface area (Å²) in [5.41, 5.74) is -1.16. The first-order valence-corrected chi connectivity index (χ1v) is 15.4. The van der Waals surface area contributed by atoms with Gasteiger partial charge in [-0.25, -0.2) is 9.78 Å². The predicted molar refractivity (Wildman–Crippen MR) is 163 cm³/mol. The summed E-state index contributed by atoms with van der Waals surface area (Å²) >= 11 is 0. The summed E-state index contributed by atoms with van der Waals surface area (Å²) in [6.45, 7) is 8.69. The molecule has 5 rings (SSSR count). The number of nitrogens with zero attached hydrogens (tertiary/aromatic N) is 3. The van der Waals surface area contributed by atoms with Crippen LogP contribution in [0.15, 0.2) is 60.4 Å². The van der Waals surface area contributed by atoms with Crippen LogP contribution in [0.25, 0.3) is 5.57 Å². The average molecular weight is 680 g/mol. The molecule has 1 amide bonds. The minimum Gasteiger partial charge on any atom is -0.497 e. The molecule has 2 atom stereocenters. The highest BCUT2D eigenvalue weighted by atomic mass is 19.4. The highest BCUT2D eigenvalue weighted by Gasteiger charge is 2.44. The number of aromatic nitrogens is 1. The van der Waals surface area contributed by atoms with Crippen molar-refractivity contribution in [3.05, 3.63) is 88.3 Å². The number of pyridine rings is 1. The van der Waals surface area contributed by atoms with E-state index in [1.807, 2.05) is 30.0 Å². The first-order valence-electron chi connectivity index (χ1n) is 15.4. The highest BCUT2D eigenvalue weighted by molar-refractivity contribution is 5.81. The van der Waals surface area contributed by atoms with E-state index in [-0.39, 0.29) is 24.3 Å². The normalized spacial score (nSPS) is 23.4. The lowest BCUT2D eigenvalue weighted by Gasteiger charge is -2.34. The molecule has 3 aliphatic rings. The van der Waals surface area contributed by atoms with Gasteiger partial charge in [0.1, 0.15) is 17.7 Å². The zero-order valence-corrected chi connectivity index (χ0v) is 26.5. The fourth-order valence-electron chi connectivity index (χ4n) is 6.15. The fourth-order valence-corrected chi connectivity index (χ4v) is 6.15. The van der Waals surface area contributed by atoms with E-state index in [0.29, 0.717) is 47.6 Å². The molecule has 2 saturated heterocycles.